The van der Waals surface area contributed by atoms with E-state index in [2.05, 4.69) is 0 Å². The minimum Gasteiger partial charge on any atom is -0.336 e. The lowest BCUT2D eigenvalue weighted by molar-refractivity contribution is 0.0743. The van der Waals surface area contributed by atoms with Crippen molar-refractivity contribution in [2.24, 2.45) is 11.7 Å². The fourth-order valence-electron chi connectivity index (χ4n) is 2.41. The Kier molecular flexibility index (Phi) is 5.93. The summed E-state index contributed by atoms with van der Waals surface area (Å²) in [6, 6.07) is 5.14. The van der Waals surface area contributed by atoms with Gasteiger partial charge in [0.05, 0.1) is 10.6 Å². The van der Waals surface area contributed by atoms with E-state index in [9.17, 15) is 4.79 Å². The van der Waals surface area contributed by atoms with E-state index in [1.54, 1.807) is 18.2 Å². The Bertz CT molecular complexity index is 467. The third-order valence-electron chi connectivity index (χ3n) is 3.41. The number of likely N-dealkylation sites (tertiary alicyclic amines) is 1. The van der Waals surface area contributed by atoms with Crippen molar-refractivity contribution in [1.82, 2.24) is 4.90 Å². The van der Waals surface area contributed by atoms with Crippen LogP contribution in [-0.2, 0) is 0 Å². The number of nitrogens with two attached hydrogens (primary N) is 1. The molecule has 6 heteroatoms. The molecule has 2 rings (SSSR count). The molecular weight excluding hydrogens is 307 g/mol. The highest BCUT2D eigenvalue weighted by atomic mass is 35.5. The molecule has 2 unspecified atom stereocenters. The van der Waals surface area contributed by atoms with Gasteiger partial charge in [-0.05, 0) is 44.0 Å². The van der Waals surface area contributed by atoms with Crippen LogP contribution in [0.3, 0.4) is 0 Å². The van der Waals surface area contributed by atoms with E-state index in [0.29, 0.717) is 34.6 Å². The Labute approximate surface area is 129 Å². The molecule has 0 aliphatic carbocycles. The molecule has 1 aromatic rings. The van der Waals surface area contributed by atoms with E-state index in [1.807, 2.05) is 11.8 Å². The van der Waals surface area contributed by atoms with Crippen LogP contribution in [0, 0.1) is 5.92 Å². The summed E-state index contributed by atoms with van der Waals surface area (Å²) in [5, 5.41) is 0.956. The number of carbonyl (C=O) groups is 1. The SMILES string of the molecule is CC1CC(CN)CN1C(=O)c1cc(Cl)ccc1Cl.Cl. The van der Waals surface area contributed by atoms with Gasteiger partial charge in [-0.3, -0.25) is 4.79 Å². The van der Waals surface area contributed by atoms with Crippen LogP contribution in [0.1, 0.15) is 23.7 Å². The van der Waals surface area contributed by atoms with Crippen molar-refractivity contribution in [2.75, 3.05) is 13.1 Å². The van der Waals surface area contributed by atoms with Crippen molar-refractivity contribution in [3.05, 3.63) is 33.8 Å². The second-order valence-electron chi connectivity index (χ2n) is 4.77. The lowest BCUT2D eigenvalue weighted by atomic mass is 10.1. The number of benzene rings is 1. The lowest BCUT2D eigenvalue weighted by Crippen LogP contribution is -2.34. The molecule has 19 heavy (non-hydrogen) atoms. The summed E-state index contributed by atoms with van der Waals surface area (Å²) in [6.45, 7) is 3.34. The third-order valence-corrected chi connectivity index (χ3v) is 3.98. The Balaban J connectivity index is 0.00000180. The van der Waals surface area contributed by atoms with Crippen LogP contribution >= 0.6 is 35.6 Å². The van der Waals surface area contributed by atoms with E-state index in [4.69, 9.17) is 28.9 Å². The highest BCUT2D eigenvalue weighted by Crippen LogP contribution is 2.28. The second-order valence-corrected chi connectivity index (χ2v) is 5.61. The van der Waals surface area contributed by atoms with Gasteiger partial charge in [-0.25, -0.2) is 0 Å². The molecule has 0 saturated carbocycles. The minimum absolute atomic E-state index is 0. The van der Waals surface area contributed by atoms with Gasteiger partial charge in [0.15, 0.2) is 0 Å². The number of rotatable bonds is 2. The summed E-state index contributed by atoms with van der Waals surface area (Å²) in [5.41, 5.74) is 6.13. The molecule has 2 N–H and O–H groups in total. The van der Waals surface area contributed by atoms with Crippen molar-refractivity contribution in [3.8, 4) is 0 Å². The molecule has 0 radical (unpaired) electrons. The van der Waals surface area contributed by atoms with Crippen molar-refractivity contribution >= 4 is 41.5 Å². The van der Waals surface area contributed by atoms with Crippen molar-refractivity contribution in [2.45, 2.75) is 19.4 Å². The van der Waals surface area contributed by atoms with Crippen LogP contribution in [0.4, 0.5) is 0 Å². The third kappa shape index (κ3) is 3.54. The predicted octanol–water partition coefficient (Wildman–Crippen LogP) is 3.22. The van der Waals surface area contributed by atoms with Crippen LogP contribution < -0.4 is 5.73 Å². The first-order chi connectivity index (χ1) is 8.52. The number of nitrogens with zero attached hydrogens (tertiary/aromatic N) is 1. The summed E-state index contributed by atoms with van der Waals surface area (Å²) in [6.07, 6.45) is 0.945. The van der Waals surface area contributed by atoms with E-state index in [-0.39, 0.29) is 24.4 Å². The Morgan fingerprint density at radius 3 is 2.74 bits per heavy atom. The summed E-state index contributed by atoms with van der Waals surface area (Å²) >= 11 is 12.0. The molecule has 1 saturated heterocycles. The average Bonchev–Trinajstić information content (AvgIpc) is 2.73. The fourth-order valence-corrected chi connectivity index (χ4v) is 2.78. The maximum Gasteiger partial charge on any atom is 0.255 e. The molecular formula is C13H17Cl3N2O. The van der Waals surface area contributed by atoms with Gasteiger partial charge in [0.25, 0.3) is 5.91 Å². The first-order valence-corrected chi connectivity index (χ1v) is 6.74. The fraction of sp³-hybridized carbons (Fsp3) is 0.462. The summed E-state index contributed by atoms with van der Waals surface area (Å²) in [7, 11) is 0. The number of carbonyl (C=O) groups excluding carboxylic acids is 1. The van der Waals surface area contributed by atoms with Crippen LogP contribution in [-0.4, -0.2) is 29.9 Å². The molecule has 1 amide bonds. The second kappa shape index (κ2) is 6.80. The normalized spacial score (nSPS) is 22.2. The zero-order valence-corrected chi connectivity index (χ0v) is 12.9. The smallest absolute Gasteiger partial charge is 0.255 e. The molecule has 106 valence electrons. The van der Waals surface area contributed by atoms with Crippen LogP contribution in [0.25, 0.3) is 0 Å². The largest absolute Gasteiger partial charge is 0.336 e. The highest BCUT2D eigenvalue weighted by Gasteiger charge is 2.32. The van der Waals surface area contributed by atoms with E-state index >= 15 is 0 Å². The minimum atomic E-state index is -0.0639. The molecule has 1 aliphatic heterocycles. The number of amides is 1. The standard InChI is InChI=1S/C13H16Cl2N2O.ClH/c1-8-4-9(6-16)7-17(8)13(18)11-5-10(14)2-3-12(11)15;/h2-3,5,8-9H,4,6-7,16H2,1H3;1H. The zero-order valence-electron chi connectivity index (χ0n) is 10.6. The Morgan fingerprint density at radius 1 is 1.47 bits per heavy atom. The van der Waals surface area contributed by atoms with E-state index < -0.39 is 0 Å². The Morgan fingerprint density at radius 2 is 2.16 bits per heavy atom. The number of hydrogen-bond donors (Lipinski definition) is 1. The van der Waals surface area contributed by atoms with Crippen molar-refractivity contribution < 1.29 is 4.79 Å². The van der Waals surface area contributed by atoms with E-state index in [1.165, 1.54) is 0 Å². The zero-order chi connectivity index (χ0) is 13.3. The molecule has 3 nitrogen and oxygen atoms in total. The molecule has 1 aromatic carbocycles. The summed E-state index contributed by atoms with van der Waals surface area (Å²) in [4.78, 5) is 14.3. The predicted molar refractivity (Wildman–Crippen MR) is 81.4 cm³/mol. The first-order valence-electron chi connectivity index (χ1n) is 5.99. The van der Waals surface area contributed by atoms with Gasteiger partial charge < -0.3 is 10.6 Å². The summed E-state index contributed by atoms with van der Waals surface area (Å²) < 4.78 is 0. The van der Waals surface area contributed by atoms with E-state index in [0.717, 1.165) is 6.42 Å². The van der Waals surface area contributed by atoms with Gasteiger partial charge in [-0.2, -0.15) is 0 Å². The number of halogens is 3. The quantitative estimate of drug-likeness (QED) is 0.908. The first kappa shape index (κ1) is 16.6. The molecule has 1 heterocycles. The van der Waals surface area contributed by atoms with Crippen molar-refractivity contribution in [3.63, 3.8) is 0 Å². The van der Waals surface area contributed by atoms with Crippen LogP contribution in [0.5, 0.6) is 0 Å². The molecule has 1 aliphatic rings. The van der Waals surface area contributed by atoms with Gasteiger partial charge in [0.2, 0.25) is 0 Å². The molecule has 0 spiro atoms. The maximum absolute atomic E-state index is 12.4. The van der Waals surface area contributed by atoms with Gasteiger partial charge in [-0.15, -0.1) is 12.4 Å². The van der Waals surface area contributed by atoms with Crippen molar-refractivity contribution in [1.29, 1.82) is 0 Å². The molecule has 2 atom stereocenters. The van der Waals surface area contributed by atoms with Gasteiger partial charge in [0.1, 0.15) is 0 Å². The van der Waals surface area contributed by atoms with Gasteiger partial charge >= 0.3 is 0 Å². The number of hydrogen-bond acceptors (Lipinski definition) is 2. The van der Waals surface area contributed by atoms with Crippen LogP contribution in [0.15, 0.2) is 18.2 Å². The Hall–Kier alpha value is -0.480. The monoisotopic (exact) mass is 322 g/mol. The van der Waals surface area contributed by atoms with Gasteiger partial charge in [-0.1, -0.05) is 23.2 Å². The van der Waals surface area contributed by atoms with Gasteiger partial charge in [0, 0.05) is 17.6 Å². The highest BCUT2D eigenvalue weighted by molar-refractivity contribution is 6.35. The average molecular weight is 324 g/mol. The maximum atomic E-state index is 12.4. The molecule has 0 aromatic heterocycles. The molecule has 0 bridgehead atoms. The molecule has 1 fully saturated rings. The van der Waals surface area contributed by atoms with Crippen LogP contribution in [0.2, 0.25) is 10.0 Å². The summed E-state index contributed by atoms with van der Waals surface area (Å²) in [5.74, 6) is 0.313. The topological polar surface area (TPSA) is 46.3 Å². The lowest BCUT2D eigenvalue weighted by Gasteiger charge is -2.22.